The Morgan fingerprint density at radius 1 is 1.36 bits per heavy atom. The second-order valence-corrected chi connectivity index (χ2v) is 5.24. The van der Waals surface area contributed by atoms with Crippen molar-refractivity contribution >= 4 is 17.5 Å². The Bertz CT molecular complexity index is 682. The van der Waals surface area contributed by atoms with Gasteiger partial charge >= 0.3 is 0 Å². The van der Waals surface area contributed by atoms with Crippen LogP contribution in [0.4, 0.5) is 5.69 Å². The molecule has 22 heavy (non-hydrogen) atoms. The van der Waals surface area contributed by atoms with E-state index in [9.17, 15) is 9.59 Å². The molecule has 1 N–H and O–H groups in total. The maximum absolute atomic E-state index is 12.5. The van der Waals surface area contributed by atoms with Gasteiger partial charge in [-0.3, -0.25) is 14.6 Å². The van der Waals surface area contributed by atoms with Crippen molar-refractivity contribution in [1.82, 2.24) is 9.88 Å². The summed E-state index contributed by atoms with van der Waals surface area (Å²) in [6.45, 7) is 2.12. The van der Waals surface area contributed by atoms with E-state index in [1.54, 1.807) is 41.6 Å². The van der Waals surface area contributed by atoms with Crippen LogP contribution in [0, 0.1) is 0 Å². The van der Waals surface area contributed by atoms with E-state index in [2.05, 4.69) is 10.3 Å². The average molecular weight is 299 g/mol. The fourth-order valence-electron chi connectivity index (χ4n) is 2.75. The number of pyridine rings is 1. The molecule has 1 aliphatic rings. The number of carbonyl (C=O) groups excluding carboxylic acids is 2. The summed E-state index contributed by atoms with van der Waals surface area (Å²) in [5.41, 5.74) is 1.16. The summed E-state index contributed by atoms with van der Waals surface area (Å²) in [5, 5.41) is 2.87. The minimum atomic E-state index is -0.415. The maximum Gasteiger partial charge on any atom is 0.247 e. The molecule has 2 aromatic heterocycles. The summed E-state index contributed by atoms with van der Waals surface area (Å²) in [6.07, 6.45) is 4.73. The van der Waals surface area contributed by atoms with Crippen molar-refractivity contribution in [2.24, 2.45) is 0 Å². The Balaban J connectivity index is 1.82. The first-order valence-corrected chi connectivity index (χ1v) is 7.24. The van der Waals surface area contributed by atoms with Gasteiger partial charge < -0.3 is 14.6 Å². The van der Waals surface area contributed by atoms with Crippen LogP contribution in [-0.2, 0) is 9.59 Å². The number of aromatic nitrogens is 1. The zero-order chi connectivity index (χ0) is 15.5. The lowest BCUT2D eigenvalue weighted by molar-refractivity contribution is -0.134. The van der Waals surface area contributed by atoms with Crippen LogP contribution < -0.4 is 5.32 Å². The number of amides is 2. The van der Waals surface area contributed by atoms with Gasteiger partial charge in [-0.25, -0.2) is 0 Å². The molecule has 2 amide bonds. The van der Waals surface area contributed by atoms with Gasteiger partial charge in [-0.2, -0.15) is 0 Å². The molecule has 0 saturated carbocycles. The topological polar surface area (TPSA) is 75.4 Å². The number of rotatable bonds is 3. The van der Waals surface area contributed by atoms with E-state index in [0.717, 1.165) is 6.42 Å². The van der Waals surface area contributed by atoms with E-state index in [1.807, 2.05) is 0 Å². The lowest BCUT2D eigenvalue weighted by atomic mass is 10.2. The number of hydrogen-bond acceptors (Lipinski definition) is 4. The molecule has 6 heteroatoms. The van der Waals surface area contributed by atoms with Crippen LogP contribution in [0.1, 0.15) is 19.8 Å². The van der Waals surface area contributed by atoms with Crippen LogP contribution in [0.5, 0.6) is 0 Å². The first-order valence-electron chi connectivity index (χ1n) is 7.24. The molecule has 6 nitrogen and oxygen atoms in total. The lowest BCUT2D eigenvalue weighted by Gasteiger charge is -2.22. The summed E-state index contributed by atoms with van der Waals surface area (Å²) in [6, 6.07) is 6.66. The molecule has 0 aliphatic carbocycles. The minimum absolute atomic E-state index is 0.0740. The van der Waals surface area contributed by atoms with Gasteiger partial charge in [0.2, 0.25) is 11.8 Å². The van der Waals surface area contributed by atoms with Crippen LogP contribution in [0.15, 0.2) is 41.1 Å². The average Bonchev–Trinajstić information content (AvgIpc) is 3.19. The molecule has 0 radical (unpaired) electrons. The monoisotopic (exact) mass is 299 g/mol. The van der Waals surface area contributed by atoms with E-state index in [4.69, 9.17) is 4.42 Å². The van der Waals surface area contributed by atoms with Crippen molar-refractivity contribution in [2.75, 3.05) is 11.9 Å². The highest BCUT2D eigenvalue weighted by atomic mass is 16.3. The Morgan fingerprint density at radius 2 is 2.23 bits per heavy atom. The number of nitrogens with zero attached hydrogens (tertiary/aromatic N) is 2. The summed E-state index contributed by atoms with van der Waals surface area (Å²) < 4.78 is 5.35. The standard InChI is InChI=1S/C16H17N3O3/c1-11(20)19-9-3-6-13(19)16(21)18-12-5-2-8-17-15(12)14-7-4-10-22-14/h2,4-5,7-8,10,13H,3,6,9H2,1H3,(H,18,21)/t13-/m0/s1. The number of anilines is 1. The van der Waals surface area contributed by atoms with Gasteiger partial charge in [-0.15, -0.1) is 0 Å². The molecule has 3 rings (SSSR count). The van der Waals surface area contributed by atoms with Crippen molar-refractivity contribution < 1.29 is 14.0 Å². The fraction of sp³-hybridized carbons (Fsp3) is 0.312. The van der Waals surface area contributed by atoms with Crippen molar-refractivity contribution in [3.05, 3.63) is 36.7 Å². The molecule has 2 aromatic rings. The molecule has 0 bridgehead atoms. The molecule has 0 unspecified atom stereocenters. The van der Waals surface area contributed by atoms with E-state index in [-0.39, 0.29) is 11.8 Å². The summed E-state index contributed by atoms with van der Waals surface area (Å²) in [4.78, 5) is 29.9. The molecule has 0 spiro atoms. The van der Waals surface area contributed by atoms with Gasteiger partial charge in [-0.05, 0) is 37.1 Å². The van der Waals surface area contributed by atoms with Crippen LogP contribution in [-0.4, -0.2) is 34.3 Å². The lowest BCUT2D eigenvalue weighted by Crippen LogP contribution is -2.42. The van der Waals surface area contributed by atoms with Gasteiger partial charge in [-0.1, -0.05) is 0 Å². The quantitative estimate of drug-likeness (QED) is 0.943. The van der Waals surface area contributed by atoms with Crippen LogP contribution in [0.25, 0.3) is 11.5 Å². The number of furan rings is 1. The molecule has 114 valence electrons. The van der Waals surface area contributed by atoms with Crippen molar-refractivity contribution in [2.45, 2.75) is 25.8 Å². The van der Waals surface area contributed by atoms with Gasteiger partial charge in [0.1, 0.15) is 11.7 Å². The minimum Gasteiger partial charge on any atom is -0.463 e. The van der Waals surface area contributed by atoms with E-state index >= 15 is 0 Å². The molecule has 0 aromatic carbocycles. The second kappa shape index (κ2) is 6.01. The van der Waals surface area contributed by atoms with Crippen LogP contribution in [0.3, 0.4) is 0 Å². The highest BCUT2D eigenvalue weighted by Gasteiger charge is 2.32. The molecule has 1 aliphatic heterocycles. The third-order valence-electron chi connectivity index (χ3n) is 3.78. The molecule has 1 atom stereocenters. The van der Waals surface area contributed by atoms with E-state index < -0.39 is 6.04 Å². The number of nitrogens with one attached hydrogen (secondary N) is 1. The van der Waals surface area contributed by atoms with Gasteiger partial charge in [0, 0.05) is 19.7 Å². The van der Waals surface area contributed by atoms with Crippen molar-refractivity contribution in [3.8, 4) is 11.5 Å². The van der Waals surface area contributed by atoms with Crippen molar-refractivity contribution in [1.29, 1.82) is 0 Å². The first-order chi connectivity index (χ1) is 10.7. The molecule has 3 heterocycles. The van der Waals surface area contributed by atoms with Gasteiger partial charge in [0.05, 0.1) is 12.0 Å². The predicted molar refractivity (Wildman–Crippen MR) is 81.0 cm³/mol. The first kappa shape index (κ1) is 14.3. The zero-order valence-electron chi connectivity index (χ0n) is 12.3. The Morgan fingerprint density at radius 3 is 2.95 bits per heavy atom. The van der Waals surface area contributed by atoms with Gasteiger partial charge in [0.15, 0.2) is 5.76 Å². The molecule has 1 fully saturated rings. The number of hydrogen-bond donors (Lipinski definition) is 1. The zero-order valence-corrected chi connectivity index (χ0v) is 12.3. The Labute approximate surface area is 128 Å². The predicted octanol–water partition coefficient (Wildman–Crippen LogP) is 2.29. The second-order valence-electron chi connectivity index (χ2n) is 5.24. The third-order valence-corrected chi connectivity index (χ3v) is 3.78. The van der Waals surface area contributed by atoms with Crippen molar-refractivity contribution in [3.63, 3.8) is 0 Å². The smallest absolute Gasteiger partial charge is 0.247 e. The normalized spacial score (nSPS) is 17.5. The third kappa shape index (κ3) is 2.72. The summed E-state index contributed by atoms with van der Waals surface area (Å²) in [5.74, 6) is 0.328. The van der Waals surface area contributed by atoms with E-state index in [0.29, 0.717) is 30.1 Å². The Kier molecular flexibility index (Phi) is 3.91. The molecule has 1 saturated heterocycles. The summed E-state index contributed by atoms with van der Waals surface area (Å²) >= 11 is 0. The molecular weight excluding hydrogens is 282 g/mol. The highest BCUT2D eigenvalue weighted by molar-refractivity contribution is 5.99. The molecular formula is C16H17N3O3. The Hall–Kier alpha value is -2.63. The van der Waals surface area contributed by atoms with E-state index in [1.165, 1.54) is 6.92 Å². The van der Waals surface area contributed by atoms with Gasteiger partial charge in [0.25, 0.3) is 0 Å². The highest BCUT2D eigenvalue weighted by Crippen LogP contribution is 2.27. The largest absolute Gasteiger partial charge is 0.463 e. The van der Waals surface area contributed by atoms with Crippen LogP contribution in [0.2, 0.25) is 0 Å². The number of carbonyl (C=O) groups is 2. The maximum atomic E-state index is 12.5. The summed E-state index contributed by atoms with van der Waals surface area (Å²) in [7, 11) is 0. The SMILES string of the molecule is CC(=O)N1CCC[C@H]1C(=O)Nc1cccnc1-c1ccco1. The number of likely N-dealkylation sites (tertiary alicyclic amines) is 1. The van der Waals surface area contributed by atoms with Crippen LogP contribution >= 0.6 is 0 Å². The fourth-order valence-corrected chi connectivity index (χ4v) is 2.75.